The number of para-hydroxylation sites is 7. The van der Waals surface area contributed by atoms with E-state index in [-0.39, 0.29) is 0 Å². The Balaban J connectivity index is 0.000000102. The van der Waals surface area contributed by atoms with Crippen LogP contribution in [-0.2, 0) is 0 Å². The minimum atomic E-state index is 0.905. The predicted molar refractivity (Wildman–Crippen MR) is 583 cm³/mol. The molecule has 21 aromatic carbocycles. The number of nitrogens with zero attached hydrogens (tertiary/aromatic N) is 3. The highest BCUT2D eigenvalue weighted by atomic mass is 32.1. The fourth-order valence-corrected chi connectivity index (χ4v) is 25.3. The lowest BCUT2D eigenvalue weighted by molar-refractivity contribution is 0.669. The Morgan fingerprint density at radius 1 is 0.168 bits per heavy atom. The molecule has 640 valence electrons. The highest BCUT2D eigenvalue weighted by Crippen LogP contribution is 2.51. The summed E-state index contributed by atoms with van der Waals surface area (Å²) in [5.74, 6) is 0. The molecule has 0 atom stereocenters. The molecule has 0 fully saturated rings. The highest BCUT2D eigenvalue weighted by Gasteiger charge is 2.26. The van der Waals surface area contributed by atoms with Crippen LogP contribution >= 0.6 is 34.0 Å². The molecule has 0 bridgehead atoms. The van der Waals surface area contributed by atoms with Crippen LogP contribution in [0.4, 0.5) is 0 Å². The van der Waals surface area contributed by atoms with E-state index in [4.69, 9.17) is 13.3 Å². The van der Waals surface area contributed by atoms with Crippen molar-refractivity contribution in [2.75, 3.05) is 0 Å². The Hall–Kier alpha value is -17.2. The molecule has 0 saturated heterocycles. The highest BCUT2D eigenvalue weighted by molar-refractivity contribution is 7.28. The van der Waals surface area contributed by atoms with E-state index in [1.807, 2.05) is 34.0 Å². The van der Waals surface area contributed by atoms with Crippen LogP contribution in [0.1, 0.15) is 0 Å². The van der Waals surface area contributed by atoms with E-state index in [0.29, 0.717) is 0 Å². The zero-order valence-electron chi connectivity index (χ0n) is 73.7. The van der Waals surface area contributed by atoms with E-state index in [9.17, 15) is 0 Å². The molecular weight excluding hydrogens is 1720 g/mol. The first-order valence-electron chi connectivity index (χ1n) is 46.5. The van der Waals surface area contributed by atoms with E-state index in [2.05, 4.69) is 481 Å². The second-order valence-corrected chi connectivity index (χ2v) is 38.7. The first-order valence-corrected chi connectivity index (χ1v) is 48.9. The number of rotatable bonds is 10. The maximum atomic E-state index is 6.58. The van der Waals surface area contributed by atoms with Gasteiger partial charge in [0.1, 0.15) is 33.5 Å². The van der Waals surface area contributed by atoms with Crippen LogP contribution in [0.3, 0.4) is 0 Å². The van der Waals surface area contributed by atoms with Gasteiger partial charge < -0.3 is 27.0 Å². The van der Waals surface area contributed by atoms with E-state index in [1.54, 1.807) is 0 Å². The van der Waals surface area contributed by atoms with Gasteiger partial charge in [0.2, 0.25) is 0 Å². The van der Waals surface area contributed by atoms with Crippen LogP contribution in [0.25, 0.3) is 276 Å². The standard InChI is InChI=1S/C44H27NOS.2C42H25NOS/c1-3-13-28(14-4-1)33-21-10-23-36-40-32(20-12-26-39(40)46-42(33)36)29-15-9-16-30(27-29)34-22-11-24-37-41-44(47-43(34)37)35-19-7-8-25-38(35)45(41)31-17-5-2-6-18-31;1-2-12-31(13-3-1)43-36-16-7-6-15-33(36)42-41(43)35-21-18-30(25-39(35)45-42)28-11-8-10-27(23-28)29-17-20-34-38(24-29)44-37-22-19-26-9-4-5-14-32(26)40(34)37;1-2-13-32(14-3-1)43-37-16-7-6-15-34(37)42-41(43)35-20-18-31(25-40(35)45-42)27-12-8-11-26(21-27)30-17-19-33-36-22-28-9-4-5-10-29(28)23-39(36)44-38(33)24-30/h1-27H;2*1-25H. The van der Waals surface area contributed by atoms with Gasteiger partial charge in [-0.05, 0) is 227 Å². The van der Waals surface area contributed by atoms with Crippen molar-refractivity contribution in [3.63, 3.8) is 0 Å². The maximum absolute atomic E-state index is 6.58. The van der Waals surface area contributed by atoms with Gasteiger partial charge in [-0.25, -0.2) is 0 Å². The Morgan fingerprint density at radius 3 is 1.11 bits per heavy atom. The van der Waals surface area contributed by atoms with Gasteiger partial charge in [0.15, 0.2) is 0 Å². The van der Waals surface area contributed by atoms with Gasteiger partial charge in [-0.1, -0.05) is 334 Å². The van der Waals surface area contributed by atoms with Crippen LogP contribution in [0.5, 0.6) is 0 Å². The summed E-state index contributed by atoms with van der Waals surface area (Å²) in [5.41, 5.74) is 33.3. The van der Waals surface area contributed by atoms with Gasteiger partial charge >= 0.3 is 0 Å². The zero-order valence-corrected chi connectivity index (χ0v) is 76.2. The first-order chi connectivity index (χ1) is 67.9. The summed E-state index contributed by atoms with van der Waals surface area (Å²) >= 11 is 5.67. The first kappa shape index (κ1) is 78.5. The molecular formula is C128H77N3O3S3. The third-order valence-electron chi connectivity index (χ3n) is 27.8. The summed E-state index contributed by atoms with van der Waals surface area (Å²) < 4.78 is 34.5. The van der Waals surface area contributed by atoms with Gasteiger partial charge in [-0.3, -0.25) is 0 Å². The van der Waals surface area contributed by atoms with Crippen LogP contribution in [0, 0.1) is 0 Å². The molecule has 0 aliphatic carbocycles. The molecule has 0 amide bonds. The summed E-state index contributed by atoms with van der Waals surface area (Å²) in [5, 5.41) is 19.6. The number of thiophene rings is 3. The summed E-state index contributed by atoms with van der Waals surface area (Å²) in [6.07, 6.45) is 0. The molecule has 30 rings (SSSR count). The van der Waals surface area contributed by atoms with Crippen molar-refractivity contribution >= 4 is 215 Å². The summed E-state index contributed by atoms with van der Waals surface area (Å²) in [7, 11) is 0. The molecule has 0 aliphatic rings. The van der Waals surface area contributed by atoms with Gasteiger partial charge in [-0.2, -0.15) is 0 Å². The number of hydrogen-bond donors (Lipinski definition) is 0. The van der Waals surface area contributed by atoms with E-state index in [0.717, 1.165) is 82.7 Å². The summed E-state index contributed by atoms with van der Waals surface area (Å²) in [6, 6.07) is 168. The minimum absolute atomic E-state index is 0.905. The van der Waals surface area contributed by atoms with Gasteiger partial charge in [0, 0.05) is 101 Å². The Bertz CT molecular complexity index is 10100. The summed E-state index contributed by atoms with van der Waals surface area (Å²) in [6.45, 7) is 0. The van der Waals surface area contributed by atoms with Crippen LogP contribution in [0.2, 0.25) is 0 Å². The minimum Gasteiger partial charge on any atom is -0.456 e. The topological polar surface area (TPSA) is 54.2 Å². The lowest BCUT2D eigenvalue weighted by Crippen LogP contribution is -1.92. The van der Waals surface area contributed by atoms with E-state index >= 15 is 0 Å². The molecule has 0 aliphatic heterocycles. The van der Waals surface area contributed by atoms with Crippen molar-refractivity contribution in [2.45, 2.75) is 0 Å². The summed E-state index contributed by atoms with van der Waals surface area (Å²) in [4.78, 5) is 0. The van der Waals surface area contributed by atoms with Crippen molar-refractivity contribution in [2.24, 2.45) is 0 Å². The molecule has 0 spiro atoms. The molecule has 137 heavy (non-hydrogen) atoms. The predicted octanol–water partition coefficient (Wildman–Crippen LogP) is 37.7. The second-order valence-electron chi connectivity index (χ2n) is 35.6. The van der Waals surface area contributed by atoms with Crippen molar-refractivity contribution in [1.82, 2.24) is 13.7 Å². The quantitative estimate of drug-likeness (QED) is 0.137. The largest absolute Gasteiger partial charge is 0.456 e. The number of benzene rings is 21. The van der Waals surface area contributed by atoms with Gasteiger partial charge in [0.25, 0.3) is 0 Å². The molecule has 6 nitrogen and oxygen atoms in total. The van der Waals surface area contributed by atoms with Gasteiger partial charge in [-0.15, -0.1) is 34.0 Å². The average Bonchev–Trinajstić information content (AvgIpc) is 1.57. The van der Waals surface area contributed by atoms with E-state index in [1.165, 1.54) is 193 Å². The molecule has 9 aromatic heterocycles. The number of hydrogen-bond acceptors (Lipinski definition) is 6. The average molecular weight is 1800 g/mol. The van der Waals surface area contributed by atoms with E-state index < -0.39 is 0 Å². The number of aromatic nitrogens is 3. The normalized spacial score (nSPS) is 11.9. The fraction of sp³-hybridized carbons (Fsp3) is 0. The van der Waals surface area contributed by atoms with Crippen molar-refractivity contribution in [1.29, 1.82) is 0 Å². The van der Waals surface area contributed by atoms with Crippen molar-refractivity contribution in [3.8, 4) is 95.0 Å². The molecule has 0 saturated carbocycles. The van der Waals surface area contributed by atoms with Crippen LogP contribution in [0.15, 0.2) is 480 Å². The second kappa shape index (κ2) is 31.8. The molecule has 0 N–H and O–H groups in total. The molecule has 9 heterocycles. The Kier molecular flexibility index (Phi) is 18.2. The Morgan fingerprint density at radius 2 is 0.540 bits per heavy atom. The SMILES string of the molecule is c1ccc(-c2cccc3c2oc2cccc(-c4cccc(-c5cccc6c5sc5c7ccccc7n(-c7ccccc7)c65)c4)c23)cc1.c1ccc(-n2c3ccccc3c3sc4cc(-c5cccc(-c6ccc7c(c6)oc6cc8ccccc8cc67)c5)ccc4c32)cc1.c1ccc(-n2c3ccccc3c3sc4cc(-c5cccc(-c6ccc7c(c6)oc6ccc8ccccc8c67)c5)ccc4c32)cc1. The fourth-order valence-electron chi connectivity index (χ4n) is 21.5. The zero-order chi connectivity index (χ0) is 89.9. The molecule has 0 unspecified atom stereocenters. The van der Waals surface area contributed by atoms with Crippen LogP contribution < -0.4 is 0 Å². The molecule has 0 radical (unpaired) electrons. The van der Waals surface area contributed by atoms with Crippen molar-refractivity contribution in [3.05, 3.63) is 467 Å². The van der Waals surface area contributed by atoms with Crippen LogP contribution in [-0.4, -0.2) is 13.7 Å². The third kappa shape index (κ3) is 12.9. The lowest BCUT2D eigenvalue weighted by Gasteiger charge is -2.10. The van der Waals surface area contributed by atoms with Crippen molar-refractivity contribution < 1.29 is 13.3 Å². The molecule has 9 heteroatoms. The lowest BCUT2D eigenvalue weighted by atomic mass is 9.95. The molecule has 30 aromatic rings. The number of furan rings is 3. The van der Waals surface area contributed by atoms with Gasteiger partial charge in [0.05, 0.1) is 47.2 Å². The monoisotopic (exact) mass is 1800 g/mol. The third-order valence-corrected chi connectivity index (χ3v) is 31.4. The maximum Gasteiger partial charge on any atom is 0.143 e. The number of fused-ring (bicyclic) bond motifs is 27. The Labute approximate surface area is 797 Å². The smallest absolute Gasteiger partial charge is 0.143 e.